The smallest absolute Gasteiger partial charge is 0.403 e. The molecule has 26 heavy (non-hydrogen) atoms. The average molecular weight is 372 g/mol. The first-order chi connectivity index (χ1) is 12.1. The SMILES string of the molecule is CC1(C)OB(C(CS(=O)(=O)c2ccccc2)c2ccccc2)OC1(C)C. The molecule has 2 aromatic carbocycles. The van der Waals surface area contributed by atoms with E-state index in [-0.39, 0.29) is 5.75 Å². The van der Waals surface area contributed by atoms with E-state index in [1.54, 1.807) is 24.3 Å². The normalized spacial score (nSPS) is 20.1. The van der Waals surface area contributed by atoms with E-state index in [2.05, 4.69) is 0 Å². The second kappa shape index (κ2) is 6.84. The van der Waals surface area contributed by atoms with E-state index in [1.165, 1.54) is 0 Å². The van der Waals surface area contributed by atoms with E-state index in [0.29, 0.717) is 4.90 Å². The van der Waals surface area contributed by atoms with Crippen molar-refractivity contribution in [2.75, 3.05) is 5.75 Å². The first-order valence-electron chi connectivity index (χ1n) is 8.81. The van der Waals surface area contributed by atoms with Crippen molar-refractivity contribution in [3.63, 3.8) is 0 Å². The molecule has 0 amide bonds. The van der Waals surface area contributed by atoms with E-state index in [9.17, 15) is 8.42 Å². The molecule has 3 rings (SSSR count). The lowest BCUT2D eigenvalue weighted by atomic mass is 9.69. The third-order valence-electron chi connectivity index (χ3n) is 5.33. The second-order valence-corrected chi connectivity index (χ2v) is 9.77. The van der Waals surface area contributed by atoms with Crippen molar-refractivity contribution in [2.24, 2.45) is 0 Å². The molecule has 1 atom stereocenters. The first kappa shape index (κ1) is 19.1. The third-order valence-corrected chi connectivity index (χ3v) is 7.12. The standard InChI is InChI=1S/C20H25BO4S/c1-19(2)20(3,4)25-21(24-19)18(16-11-7-5-8-12-16)15-26(22,23)17-13-9-6-10-14-17/h5-14,18H,15H2,1-4H3. The van der Waals surface area contributed by atoms with Crippen molar-refractivity contribution >= 4 is 17.0 Å². The Morgan fingerprint density at radius 3 is 1.81 bits per heavy atom. The summed E-state index contributed by atoms with van der Waals surface area (Å²) < 4.78 is 38.3. The van der Waals surface area contributed by atoms with E-state index in [1.807, 2.05) is 64.1 Å². The number of rotatable bonds is 5. The van der Waals surface area contributed by atoms with Gasteiger partial charge in [-0.05, 0) is 45.4 Å². The van der Waals surface area contributed by atoms with Gasteiger partial charge in [0.15, 0.2) is 9.84 Å². The summed E-state index contributed by atoms with van der Waals surface area (Å²) in [4.78, 5) is 0.317. The minimum Gasteiger partial charge on any atom is -0.403 e. The molecule has 1 fully saturated rings. The quantitative estimate of drug-likeness (QED) is 0.748. The monoisotopic (exact) mass is 372 g/mol. The molecule has 0 saturated carbocycles. The Bertz CT molecular complexity index is 832. The zero-order valence-corrected chi connectivity index (χ0v) is 16.5. The van der Waals surface area contributed by atoms with Crippen LogP contribution < -0.4 is 0 Å². The fourth-order valence-electron chi connectivity index (χ4n) is 3.05. The predicted octanol–water partition coefficient (Wildman–Crippen LogP) is 3.88. The van der Waals surface area contributed by atoms with Gasteiger partial charge >= 0.3 is 7.12 Å². The molecule has 1 saturated heterocycles. The van der Waals surface area contributed by atoms with Crippen molar-refractivity contribution in [1.82, 2.24) is 0 Å². The van der Waals surface area contributed by atoms with Gasteiger partial charge in [-0.25, -0.2) is 8.42 Å². The Morgan fingerprint density at radius 2 is 1.31 bits per heavy atom. The highest BCUT2D eigenvalue weighted by atomic mass is 32.2. The van der Waals surface area contributed by atoms with Crippen molar-refractivity contribution in [1.29, 1.82) is 0 Å². The van der Waals surface area contributed by atoms with Gasteiger partial charge in [-0.1, -0.05) is 48.5 Å². The molecule has 0 aliphatic carbocycles. The number of benzene rings is 2. The zero-order valence-electron chi connectivity index (χ0n) is 15.7. The van der Waals surface area contributed by atoms with Gasteiger partial charge in [0.1, 0.15) is 0 Å². The lowest BCUT2D eigenvalue weighted by Crippen LogP contribution is -2.41. The number of hydrogen-bond donors (Lipinski definition) is 0. The van der Waals surface area contributed by atoms with Crippen molar-refractivity contribution in [3.05, 3.63) is 66.2 Å². The molecule has 138 valence electrons. The maximum Gasteiger partial charge on any atom is 0.466 e. The summed E-state index contributed by atoms with van der Waals surface area (Å²) in [6.07, 6.45) is 0. The van der Waals surface area contributed by atoms with E-state index in [0.717, 1.165) is 5.56 Å². The highest BCUT2D eigenvalue weighted by Crippen LogP contribution is 2.41. The minimum absolute atomic E-state index is 0.0716. The van der Waals surface area contributed by atoms with Gasteiger partial charge in [-0.2, -0.15) is 0 Å². The Labute approximate surface area is 156 Å². The summed E-state index contributed by atoms with van der Waals surface area (Å²) >= 11 is 0. The fourth-order valence-corrected chi connectivity index (χ4v) is 4.63. The van der Waals surface area contributed by atoms with Gasteiger partial charge in [-0.3, -0.25) is 0 Å². The number of sulfone groups is 1. The molecule has 0 bridgehead atoms. The summed E-state index contributed by atoms with van der Waals surface area (Å²) in [5, 5.41) is 0. The van der Waals surface area contributed by atoms with Crippen LogP contribution in [0.2, 0.25) is 0 Å². The molecular formula is C20H25BO4S. The molecule has 1 heterocycles. The Kier molecular flexibility index (Phi) is 5.03. The highest BCUT2D eigenvalue weighted by molar-refractivity contribution is 7.91. The van der Waals surface area contributed by atoms with Crippen LogP contribution in [-0.2, 0) is 19.1 Å². The molecule has 1 unspecified atom stereocenters. The van der Waals surface area contributed by atoms with Gasteiger partial charge in [-0.15, -0.1) is 0 Å². The summed E-state index contributed by atoms with van der Waals surface area (Å²) in [5.41, 5.74) is -0.131. The van der Waals surface area contributed by atoms with Gasteiger partial charge < -0.3 is 9.31 Å². The molecule has 2 aromatic rings. The second-order valence-electron chi connectivity index (χ2n) is 7.74. The van der Waals surface area contributed by atoms with Gasteiger partial charge in [0.25, 0.3) is 0 Å². The van der Waals surface area contributed by atoms with E-state index < -0.39 is 34.0 Å². The minimum atomic E-state index is -3.48. The molecule has 0 aromatic heterocycles. The van der Waals surface area contributed by atoms with Gasteiger partial charge in [0, 0.05) is 5.82 Å². The predicted molar refractivity (Wildman–Crippen MR) is 104 cm³/mol. The molecule has 0 radical (unpaired) electrons. The molecular weight excluding hydrogens is 347 g/mol. The lowest BCUT2D eigenvalue weighted by molar-refractivity contribution is 0.00578. The fraction of sp³-hybridized carbons (Fsp3) is 0.400. The Balaban J connectivity index is 1.96. The van der Waals surface area contributed by atoms with Crippen molar-refractivity contribution < 1.29 is 17.7 Å². The van der Waals surface area contributed by atoms with Crippen molar-refractivity contribution in [3.8, 4) is 0 Å². The lowest BCUT2D eigenvalue weighted by Gasteiger charge is -2.32. The van der Waals surface area contributed by atoms with Crippen LogP contribution in [-0.4, -0.2) is 32.5 Å². The topological polar surface area (TPSA) is 52.6 Å². The highest BCUT2D eigenvalue weighted by Gasteiger charge is 2.54. The molecule has 0 spiro atoms. The van der Waals surface area contributed by atoms with Crippen molar-refractivity contribution in [2.45, 2.75) is 49.6 Å². The third kappa shape index (κ3) is 3.73. The first-order valence-corrected chi connectivity index (χ1v) is 10.5. The maximum atomic E-state index is 13.0. The zero-order chi connectivity index (χ0) is 19.0. The molecule has 1 aliphatic heterocycles. The molecule has 4 nitrogen and oxygen atoms in total. The van der Waals surface area contributed by atoms with E-state index >= 15 is 0 Å². The van der Waals surface area contributed by atoms with Crippen LogP contribution in [0.15, 0.2) is 65.6 Å². The molecule has 0 N–H and O–H groups in total. The van der Waals surface area contributed by atoms with Crippen LogP contribution in [0.25, 0.3) is 0 Å². The summed E-state index contributed by atoms with van der Waals surface area (Å²) in [5.74, 6) is -0.486. The van der Waals surface area contributed by atoms with Gasteiger partial charge in [0.2, 0.25) is 0 Å². The summed E-state index contributed by atoms with van der Waals surface area (Å²) in [7, 11) is -4.10. The Morgan fingerprint density at radius 1 is 0.846 bits per heavy atom. The van der Waals surface area contributed by atoms with Crippen LogP contribution in [0.1, 0.15) is 39.1 Å². The molecule has 6 heteroatoms. The van der Waals surface area contributed by atoms with Crippen LogP contribution in [0.3, 0.4) is 0 Å². The summed E-state index contributed by atoms with van der Waals surface area (Å²) in [6.45, 7) is 7.89. The average Bonchev–Trinajstić information content (AvgIpc) is 2.82. The van der Waals surface area contributed by atoms with Crippen LogP contribution >= 0.6 is 0 Å². The van der Waals surface area contributed by atoms with Crippen LogP contribution in [0, 0.1) is 0 Å². The van der Waals surface area contributed by atoms with E-state index in [4.69, 9.17) is 9.31 Å². The van der Waals surface area contributed by atoms with Gasteiger partial charge in [0.05, 0.1) is 21.9 Å². The Hall–Kier alpha value is -1.63. The molecule has 1 aliphatic rings. The number of hydrogen-bond acceptors (Lipinski definition) is 4. The largest absolute Gasteiger partial charge is 0.466 e. The maximum absolute atomic E-state index is 13.0. The summed E-state index contributed by atoms with van der Waals surface area (Å²) in [6, 6.07) is 18.1. The van der Waals surface area contributed by atoms with Crippen LogP contribution in [0.4, 0.5) is 0 Å². The van der Waals surface area contributed by atoms with Crippen LogP contribution in [0.5, 0.6) is 0 Å².